The molecule has 0 aromatic carbocycles. The smallest absolute Gasteiger partial charge is 0.191 e. The topological polar surface area (TPSA) is 49.3 Å². The second kappa shape index (κ2) is 8.52. The first-order chi connectivity index (χ1) is 9.81. The Kier molecular flexibility index (Phi) is 6.66. The molecular formula is C14H24N4S2. The van der Waals surface area contributed by atoms with Gasteiger partial charge in [0.05, 0.1) is 10.7 Å². The second-order valence-electron chi connectivity index (χ2n) is 4.85. The SMILES string of the molecule is CCc1nc(CCNC(=NC)NCC2CCCS2)cs1. The summed E-state index contributed by atoms with van der Waals surface area (Å²) in [6, 6.07) is 0. The van der Waals surface area contributed by atoms with Crippen molar-refractivity contribution in [3.8, 4) is 0 Å². The van der Waals surface area contributed by atoms with Crippen LogP contribution in [0.5, 0.6) is 0 Å². The van der Waals surface area contributed by atoms with E-state index in [1.807, 2.05) is 7.05 Å². The zero-order chi connectivity index (χ0) is 14.2. The highest BCUT2D eigenvalue weighted by atomic mass is 32.2. The van der Waals surface area contributed by atoms with E-state index in [2.05, 4.69) is 44.7 Å². The highest BCUT2D eigenvalue weighted by Gasteiger charge is 2.15. The summed E-state index contributed by atoms with van der Waals surface area (Å²) in [5.41, 5.74) is 1.18. The minimum atomic E-state index is 0.749. The summed E-state index contributed by atoms with van der Waals surface area (Å²) in [4.78, 5) is 8.84. The fourth-order valence-electron chi connectivity index (χ4n) is 2.17. The molecular weight excluding hydrogens is 288 g/mol. The number of hydrogen-bond donors (Lipinski definition) is 2. The normalized spacial score (nSPS) is 19.3. The Hall–Kier alpha value is -0.750. The molecule has 0 bridgehead atoms. The van der Waals surface area contributed by atoms with Gasteiger partial charge in [0, 0.05) is 37.2 Å². The van der Waals surface area contributed by atoms with Crippen molar-refractivity contribution in [3.05, 3.63) is 16.1 Å². The molecule has 6 heteroatoms. The van der Waals surface area contributed by atoms with Crippen molar-refractivity contribution < 1.29 is 0 Å². The van der Waals surface area contributed by atoms with Crippen LogP contribution in [0.15, 0.2) is 10.4 Å². The van der Waals surface area contributed by atoms with Crippen molar-refractivity contribution in [2.45, 2.75) is 37.9 Å². The molecule has 1 saturated heterocycles. The van der Waals surface area contributed by atoms with Crippen molar-refractivity contribution >= 4 is 29.1 Å². The number of thiazole rings is 1. The van der Waals surface area contributed by atoms with Gasteiger partial charge in [0.1, 0.15) is 0 Å². The van der Waals surface area contributed by atoms with Crippen LogP contribution in [-0.4, -0.2) is 42.1 Å². The lowest BCUT2D eigenvalue weighted by atomic mass is 10.2. The van der Waals surface area contributed by atoms with Gasteiger partial charge in [0.15, 0.2) is 5.96 Å². The molecule has 1 aromatic heterocycles. The van der Waals surface area contributed by atoms with Crippen LogP contribution in [0.3, 0.4) is 0 Å². The Morgan fingerprint density at radius 2 is 2.40 bits per heavy atom. The van der Waals surface area contributed by atoms with E-state index in [1.165, 1.54) is 29.3 Å². The van der Waals surface area contributed by atoms with Crippen molar-refractivity contribution in [3.63, 3.8) is 0 Å². The highest BCUT2D eigenvalue weighted by molar-refractivity contribution is 8.00. The van der Waals surface area contributed by atoms with Crippen LogP contribution in [0.4, 0.5) is 0 Å². The Morgan fingerprint density at radius 1 is 1.50 bits per heavy atom. The molecule has 0 radical (unpaired) electrons. The number of nitrogens with zero attached hydrogens (tertiary/aromatic N) is 2. The van der Waals surface area contributed by atoms with Crippen LogP contribution < -0.4 is 10.6 Å². The number of hydrogen-bond acceptors (Lipinski definition) is 4. The van der Waals surface area contributed by atoms with E-state index in [-0.39, 0.29) is 0 Å². The van der Waals surface area contributed by atoms with Crippen molar-refractivity contribution in [2.75, 3.05) is 25.9 Å². The second-order valence-corrected chi connectivity index (χ2v) is 7.20. The molecule has 112 valence electrons. The lowest BCUT2D eigenvalue weighted by Gasteiger charge is -2.14. The van der Waals surface area contributed by atoms with E-state index < -0.39 is 0 Å². The predicted octanol–water partition coefficient (Wildman–Crippen LogP) is 2.31. The van der Waals surface area contributed by atoms with E-state index in [1.54, 1.807) is 11.3 Å². The van der Waals surface area contributed by atoms with Gasteiger partial charge in [-0.2, -0.15) is 11.8 Å². The lowest BCUT2D eigenvalue weighted by molar-refractivity contribution is 0.722. The van der Waals surface area contributed by atoms with Crippen molar-refractivity contribution in [1.82, 2.24) is 15.6 Å². The summed E-state index contributed by atoms with van der Waals surface area (Å²) in [6.07, 6.45) is 4.66. The molecule has 1 aliphatic heterocycles. The molecule has 0 saturated carbocycles. The summed E-state index contributed by atoms with van der Waals surface area (Å²) >= 11 is 3.82. The van der Waals surface area contributed by atoms with Gasteiger partial charge in [-0.15, -0.1) is 11.3 Å². The summed E-state index contributed by atoms with van der Waals surface area (Å²) in [6.45, 7) is 4.04. The van der Waals surface area contributed by atoms with Crippen LogP contribution in [0.2, 0.25) is 0 Å². The van der Waals surface area contributed by atoms with Gasteiger partial charge < -0.3 is 10.6 Å². The molecule has 1 fully saturated rings. The van der Waals surface area contributed by atoms with Crippen molar-refractivity contribution in [1.29, 1.82) is 0 Å². The summed E-state index contributed by atoms with van der Waals surface area (Å²) in [5, 5.41) is 10.9. The Bertz CT molecular complexity index is 425. The van der Waals surface area contributed by atoms with E-state index in [0.29, 0.717) is 0 Å². The Balaban J connectivity index is 1.65. The molecule has 0 spiro atoms. The Morgan fingerprint density at radius 3 is 3.05 bits per heavy atom. The average Bonchev–Trinajstić information content (AvgIpc) is 3.13. The minimum Gasteiger partial charge on any atom is -0.356 e. The van der Waals surface area contributed by atoms with E-state index in [4.69, 9.17) is 0 Å². The monoisotopic (exact) mass is 312 g/mol. The highest BCUT2D eigenvalue weighted by Crippen LogP contribution is 2.25. The lowest BCUT2D eigenvalue weighted by Crippen LogP contribution is -2.40. The van der Waals surface area contributed by atoms with Crippen LogP contribution in [0, 0.1) is 0 Å². The number of aryl methyl sites for hydroxylation is 1. The zero-order valence-electron chi connectivity index (χ0n) is 12.3. The summed E-state index contributed by atoms with van der Waals surface area (Å²) < 4.78 is 0. The fourth-order valence-corrected chi connectivity index (χ4v) is 4.15. The molecule has 1 aromatic rings. The molecule has 2 rings (SSSR count). The summed E-state index contributed by atoms with van der Waals surface area (Å²) in [5.74, 6) is 2.21. The molecule has 0 amide bonds. The molecule has 2 N–H and O–H groups in total. The van der Waals surface area contributed by atoms with E-state index in [0.717, 1.165) is 37.1 Å². The average molecular weight is 313 g/mol. The molecule has 4 nitrogen and oxygen atoms in total. The third kappa shape index (κ3) is 4.98. The molecule has 1 atom stereocenters. The predicted molar refractivity (Wildman–Crippen MR) is 90.0 cm³/mol. The van der Waals surface area contributed by atoms with Gasteiger partial charge in [0.25, 0.3) is 0 Å². The molecule has 2 heterocycles. The number of rotatable bonds is 6. The molecule has 20 heavy (non-hydrogen) atoms. The maximum absolute atomic E-state index is 4.58. The van der Waals surface area contributed by atoms with E-state index in [9.17, 15) is 0 Å². The van der Waals surface area contributed by atoms with Crippen LogP contribution in [0.1, 0.15) is 30.5 Å². The first-order valence-corrected chi connectivity index (χ1v) is 9.24. The van der Waals surface area contributed by atoms with Gasteiger partial charge in [-0.1, -0.05) is 6.92 Å². The first-order valence-electron chi connectivity index (χ1n) is 7.31. The maximum Gasteiger partial charge on any atom is 0.191 e. The van der Waals surface area contributed by atoms with Crippen LogP contribution in [-0.2, 0) is 12.8 Å². The van der Waals surface area contributed by atoms with Gasteiger partial charge in [0.2, 0.25) is 0 Å². The first kappa shape index (κ1) is 15.6. The third-order valence-electron chi connectivity index (χ3n) is 3.32. The number of aromatic nitrogens is 1. The van der Waals surface area contributed by atoms with Crippen LogP contribution in [0.25, 0.3) is 0 Å². The Labute approximate surface area is 129 Å². The van der Waals surface area contributed by atoms with Crippen molar-refractivity contribution in [2.24, 2.45) is 4.99 Å². The number of nitrogens with one attached hydrogen (secondary N) is 2. The van der Waals surface area contributed by atoms with Gasteiger partial charge in [-0.25, -0.2) is 4.98 Å². The fraction of sp³-hybridized carbons (Fsp3) is 0.714. The van der Waals surface area contributed by atoms with E-state index >= 15 is 0 Å². The zero-order valence-corrected chi connectivity index (χ0v) is 13.9. The largest absolute Gasteiger partial charge is 0.356 e. The van der Waals surface area contributed by atoms with Crippen LogP contribution >= 0.6 is 23.1 Å². The quantitative estimate of drug-likeness (QED) is 0.625. The summed E-state index contributed by atoms with van der Waals surface area (Å²) in [7, 11) is 1.83. The number of guanidine groups is 1. The minimum absolute atomic E-state index is 0.749. The van der Waals surface area contributed by atoms with Gasteiger partial charge in [-0.05, 0) is 25.0 Å². The number of aliphatic imine (C=N–C) groups is 1. The molecule has 0 aliphatic carbocycles. The standard InChI is InChI=1S/C14H24N4S2/c1-3-13-18-11(10-20-13)6-7-16-14(15-2)17-9-12-5-4-8-19-12/h10,12H,3-9H2,1-2H3,(H2,15,16,17). The van der Waals surface area contributed by atoms with Gasteiger partial charge in [-0.3, -0.25) is 4.99 Å². The molecule has 1 aliphatic rings. The molecule has 1 unspecified atom stereocenters. The maximum atomic E-state index is 4.58. The van der Waals surface area contributed by atoms with Gasteiger partial charge >= 0.3 is 0 Å². The number of thioether (sulfide) groups is 1. The third-order valence-corrected chi connectivity index (χ3v) is 5.76.